The van der Waals surface area contributed by atoms with Crippen molar-refractivity contribution in [3.05, 3.63) is 83.4 Å². The van der Waals surface area contributed by atoms with E-state index in [1.54, 1.807) is 0 Å². The van der Waals surface area contributed by atoms with Gasteiger partial charge in [-0.05, 0) is 23.3 Å². The van der Waals surface area contributed by atoms with Gasteiger partial charge in [0.15, 0.2) is 0 Å². The molecule has 0 bridgehead atoms. The average Bonchev–Trinajstić information content (AvgIpc) is 3.06. The second kappa shape index (κ2) is 6.10. The Hall–Kier alpha value is -3.07. The molecule has 1 heterocycles. The van der Waals surface area contributed by atoms with Gasteiger partial charge >= 0.3 is 5.97 Å². The number of hydrogen-bond donors (Lipinski definition) is 1. The third-order valence-electron chi connectivity index (χ3n) is 4.87. The molecule has 1 aromatic heterocycles. The van der Waals surface area contributed by atoms with Crippen molar-refractivity contribution in [2.75, 3.05) is 7.11 Å². The molecule has 25 heavy (non-hydrogen) atoms. The molecule has 0 aliphatic heterocycles. The Balaban J connectivity index is 2.03. The van der Waals surface area contributed by atoms with Crippen LogP contribution in [-0.4, -0.2) is 18.1 Å². The van der Waals surface area contributed by atoms with E-state index >= 15 is 0 Å². The minimum atomic E-state index is -0.311. The second-order valence-electron chi connectivity index (χ2n) is 6.25. The third-order valence-corrected chi connectivity index (χ3v) is 4.87. The number of H-pyrrole nitrogens is 1. The molecule has 0 amide bonds. The minimum absolute atomic E-state index is 0.212. The van der Waals surface area contributed by atoms with E-state index in [4.69, 9.17) is 4.74 Å². The highest BCUT2D eigenvalue weighted by Gasteiger charge is 2.20. The van der Waals surface area contributed by atoms with Crippen LogP contribution in [0.15, 0.2) is 66.7 Å². The van der Waals surface area contributed by atoms with Crippen LogP contribution in [0.4, 0.5) is 0 Å². The van der Waals surface area contributed by atoms with Crippen LogP contribution in [0, 0.1) is 0 Å². The summed E-state index contributed by atoms with van der Waals surface area (Å²) < 4.78 is 4.99. The largest absolute Gasteiger partial charge is 0.465 e. The zero-order valence-electron chi connectivity index (χ0n) is 14.2. The number of aromatic nitrogens is 1. The van der Waals surface area contributed by atoms with Crippen molar-refractivity contribution in [3.63, 3.8) is 0 Å². The number of aromatic amines is 1. The number of rotatable bonds is 3. The second-order valence-corrected chi connectivity index (χ2v) is 6.25. The summed E-state index contributed by atoms with van der Waals surface area (Å²) in [5, 5.41) is 1.97. The Morgan fingerprint density at radius 3 is 2.44 bits per heavy atom. The number of carbonyl (C=O) groups excluding carboxylic acids is 1. The zero-order chi connectivity index (χ0) is 17.4. The Morgan fingerprint density at radius 1 is 0.960 bits per heavy atom. The van der Waals surface area contributed by atoms with E-state index in [-0.39, 0.29) is 11.9 Å². The first-order chi connectivity index (χ1) is 12.2. The number of hydrogen-bond acceptors (Lipinski definition) is 2. The van der Waals surface area contributed by atoms with Gasteiger partial charge in [-0.2, -0.15) is 0 Å². The predicted molar refractivity (Wildman–Crippen MR) is 101 cm³/mol. The van der Waals surface area contributed by atoms with Crippen molar-refractivity contribution in [1.82, 2.24) is 4.98 Å². The van der Waals surface area contributed by atoms with Crippen LogP contribution < -0.4 is 0 Å². The molecule has 0 spiro atoms. The maximum absolute atomic E-state index is 12.3. The summed E-state index contributed by atoms with van der Waals surface area (Å²) in [7, 11) is 1.42. The molecular formula is C22H19NO2. The van der Waals surface area contributed by atoms with E-state index in [9.17, 15) is 4.79 Å². The molecule has 1 unspecified atom stereocenters. The maximum Gasteiger partial charge on any atom is 0.338 e. The molecule has 4 rings (SSSR count). The van der Waals surface area contributed by atoms with Crippen molar-refractivity contribution >= 4 is 27.8 Å². The summed E-state index contributed by atoms with van der Waals surface area (Å²) in [5.41, 5.74) is 5.04. The molecule has 0 fully saturated rings. The fourth-order valence-electron chi connectivity index (χ4n) is 3.54. The summed E-state index contributed by atoms with van der Waals surface area (Å²) in [4.78, 5) is 15.8. The van der Waals surface area contributed by atoms with Crippen molar-refractivity contribution in [1.29, 1.82) is 0 Å². The molecule has 0 radical (unpaired) electrons. The summed E-state index contributed by atoms with van der Waals surface area (Å²) in [5.74, 6) is -0.0999. The summed E-state index contributed by atoms with van der Waals surface area (Å²) >= 11 is 0. The van der Waals surface area contributed by atoms with Crippen LogP contribution in [0.1, 0.15) is 34.3 Å². The monoisotopic (exact) mass is 329 g/mol. The Labute approximate surface area is 146 Å². The molecule has 3 aromatic carbocycles. The number of fused-ring (bicyclic) bond motifs is 3. The van der Waals surface area contributed by atoms with Crippen molar-refractivity contribution in [2.24, 2.45) is 0 Å². The molecular weight excluding hydrogens is 310 g/mol. The molecule has 0 saturated carbocycles. The molecule has 0 saturated heterocycles. The van der Waals surface area contributed by atoms with Crippen molar-refractivity contribution < 1.29 is 9.53 Å². The fourth-order valence-corrected chi connectivity index (χ4v) is 3.54. The van der Waals surface area contributed by atoms with E-state index in [1.165, 1.54) is 18.2 Å². The SMILES string of the molecule is COC(=O)c1ccc(C(C)c2ccccc2)c2[nH]c3ccccc3c12. The van der Waals surface area contributed by atoms with Gasteiger partial charge in [-0.25, -0.2) is 4.79 Å². The van der Waals surface area contributed by atoms with E-state index in [2.05, 4.69) is 36.2 Å². The van der Waals surface area contributed by atoms with Crippen LogP contribution >= 0.6 is 0 Å². The molecule has 4 aromatic rings. The van der Waals surface area contributed by atoms with E-state index in [0.717, 1.165) is 21.8 Å². The average molecular weight is 329 g/mol. The van der Waals surface area contributed by atoms with Gasteiger partial charge in [0.2, 0.25) is 0 Å². The van der Waals surface area contributed by atoms with Gasteiger partial charge in [0.05, 0.1) is 18.2 Å². The first kappa shape index (κ1) is 15.5. The van der Waals surface area contributed by atoms with Crippen molar-refractivity contribution in [3.8, 4) is 0 Å². The highest BCUT2D eigenvalue weighted by atomic mass is 16.5. The lowest BCUT2D eigenvalue weighted by Gasteiger charge is -2.15. The fraction of sp³-hybridized carbons (Fsp3) is 0.136. The van der Waals surface area contributed by atoms with Crippen LogP contribution in [-0.2, 0) is 4.74 Å². The maximum atomic E-state index is 12.3. The molecule has 1 atom stereocenters. The lowest BCUT2D eigenvalue weighted by Crippen LogP contribution is -2.04. The molecule has 0 aliphatic carbocycles. The topological polar surface area (TPSA) is 42.1 Å². The Bertz CT molecular complexity index is 1060. The van der Waals surface area contributed by atoms with Gasteiger partial charge in [0.25, 0.3) is 0 Å². The highest BCUT2D eigenvalue weighted by Crippen LogP contribution is 2.36. The summed E-state index contributed by atoms with van der Waals surface area (Å²) in [6.07, 6.45) is 0. The summed E-state index contributed by atoms with van der Waals surface area (Å²) in [6.45, 7) is 2.19. The smallest absolute Gasteiger partial charge is 0.338 e. The lowest BCUT2D eigenvalue weighted by atomic mass is 9.90. The predicted octanol–water partition coefficient (Wildman–Crippen LogP) is 5.26. The van der Waals surface area contributed by atoms with Crippen molar-refractivity contribution in [2.45, 2.75) is 12.8 Å². The molecule has 0 aliphatic rings. The van der Waals surface area contributed by atoms with Gasteiger partial charge in [0.1, 0.15) is 0 Å². The standard InChI is InChI=1S/C22H19NO2/c1-14(15-8-4-3-5-9-15)16-12-13-18(22(24)25-2)20-17-10-6-7-11-19(17)23-21(16)20/h3-14,23H,1-2H3. The van der Waals surface area contributed by atoms with E-state index in [0.29, 0.717) is 5.56 Å². The van der Waals surface area contributed by atoms with Gasteiger partial charge < -0.3 is 9.72 Å². The number of methoxy groups -OCH3 is 1. The Morgan fingerprint density at radius 2 is 1.68 bits per heavy atom. The number of nitrogens with one attached hydrogen (secondary N) is 1. The van der Waals surface area contributed by atoms with Crippen LogP contribution in [0.3, 0.4) is 0 Å². The number of esters is 1. The molecule has 3 nitrogen and oxygen atoms in total. The van der Waals surface area contributed by atoms with E-state index in [1.807, 2.05) is 42.5 Å². The quantitative estimate of drug-likeness (QED) is 0.521. The normalized spacial score (nSPS) is 12.4. The van der Waals surface area contributed by atoms with Gasteiger partial charge in [-0.3, -0.25) is 0 Å². The molecule has 1 N–H and O–H groups in total. The first-order valence-electron chi connectivity index (χ1n) is 8.37. The number of benzene rings is 3. The highest BCUT2D eigenvalue weighted by molar-refractivity contribution is 6.17. The summed E-state index contributed by atoms with van der Waals surface area (Å²) in [6, 6.07) is 22.4. The van der Waals surface area contributed by atoms with Crippen LogP contribution in [0.5, 0.6) is 0 Å². The van der Waals surface area contributed by atoms with Crippen LogP contribution in [0.25, 0.3) is 21.8 Å². The number of para-hydroxylation sites is 1. The zero-order valence-corrected chi connectivity index (χ0v) is 14.2. The molecule has 124 valence electrons. The van der Waals surface area contributed by atoms with Gasteiger partial charge in [-0.1, -0.05) is 61.5 Å². The third kappa shape index (κ3) is 2.49. The first-order valence-corrected chi connectivity index (χ1v) is 8.37. The minimum Gasteiger partial charge on any atom is -0.465 e. The Kier molecular flexibility index (Phi) is 3.77. The lowest BCUT2D eigenvalue weighted by molar-refractivity contribution is 0.0603. The van der Waals surface area contributed by atoms with E-state index < -0.39 is 0 Å². The van der Waals surface area contributed by atoms with Gasteiger partial charge in [-0.15, -0.1) is 0 Å². The number of carbonyl (C=O) groups is 1. The number of ether oxygens (including phenoxy) is 1. The van der Waals surface area contributed by atoms with Crippen LogP contribution in [0.2, 0.25) is 0 Å². The van der Waals surface area contributed by atoms with Gasteiger partial charge in [0, 0.05) is 22.2 Å². The molecule has 3 heteroatoms.